The second kappa shape index (κ2) is 8.97. The largest absolute Gasteiger partial charge is 0.493 e. The highest BCUT2D eigenvalue weighted by molar-refractivity contribution is 5.94. The van der Waals surface area contributed by atoms with Crippen LogP contribution in [0.2, 0.25) is 0 Å². The molecular weight excluding hydrogens is 352 g/mol. The molecule has 2 aliphatic rings. The number of carbonyl (C=O) groups is 2. The number of piperidine rings is 2. The lowest BCUT2D eigenvalue weighted by molar-refractivity contribution is -0.141. The predicted octanol–water partition coefficient (Wildman–Crippen LogP) is 3.98. The number of likely N-dealkylation sites (tertiary alicyclic amines) is 2. The summed E-state index contributed by atoms with van der Waals surface area (Å²) in [5.41, 5.74) is 0.360. The van der Waals surface area contributed by atoms with Crippen LogP contribution in [0.4, 0.5) is 0 Å². The van der Waals surface area contributed by atoms with Gasteiger partial charge in [0.1, 0.15) is 5.75 Å². The first-order valence-electron chi connectivity index (χ1n) is 10.7. The molecular formula is C23H34N2O3. The van der Waals surface area contributed by atoms with Crippen LogP contribution in [0.1, 0.15) is 63.2 Å². The van der Waals surface area contributed by atoms with Crippen LogP contribution < -0.4 is 4.74 Å². The Kier molecular flexibility index (Phi) is 6.63. The molecule has 3 rings (SSSR count). The lowest BCUT2D eigenvalue weighted by atomic mass is 9.91. The monoisotopic (exact) mass is 386 g/mol. The topological polar surface area (TPSA) is 49.9 Å². The molecule has 2 heterocycles. The van der Waals surface area contributed by atoms with Gasteiger partial charge in [0.15, 0.2) is 0 Å². The van der Waals surface area contributed by atoms with E-state index in [-0.39, 0.29) is 17.2 Å². The normalized spacial score (nSPS) is 20.8. The summed E-state index contributed by atoms with van der Waals surface area (Å²) >= 11 is 0. The molecule has 0 aromatic heterocycles. The van der Waals surface area contributed by atoms with Gasteiger partial charge in [-0.05, 0) is 50.3 Å². The predicted molar refractivity (Wildman–Crippen MR) is 110 cm³/mol. The Bertz CT molecular complexity index is 689. The van der Waals surface area contributed by atoms with E-state index >= 15 is 0 Å². The number of nitrogens with zero attached hydrogens (tertiary/aromatic N) is 2. The number of hydrogen-bond donors (Lipinski definition) is 0. The van der Waals surface area contributed by atoms with Crippen LogP contribution in [0.5, 0.6) is 5.75 Å². The summed E-state index contributed by atoms with van der Waals surface area (Å²) < 4.78 is 6.03. The van der Waals surface area contributed by atoms with E-state index in [2.05, 4.69) is 0 Å². The van der Waals surface area contributed by atoms with Crippen molar-refractivity contribution >= 4 is 11.8 Å². The maximum absolute atomic E-state index is 12.7. The molecule has 0 unspecified atom stereocenters. The standard InChI is InChI=1S/C23H34N2O3/c1-23(2,3)22(27)25-14-8-9-18(16-25)17-28-20-11-7-10-19(15-20)21(26)24-12-5-4-6-13-24/h7,10-11,15,18H,4-6,8-9,12-14,16-17H2,1-3H3/t18-/m0/s1. The molecule has 5 nitrogen and oxygen atoms in total. The second-order valence-electron chi connectivity index (χ2n) is 9.20. The molecule has 2 aliphatic heterocycles. The fourth-order valence-corrected chi connectivity index (χ4v) is 4.07. The first-order chi connectivity index (χ1) is 13.3. The first-order valence-corrected chi connectivity index (χ1v) is 10.7. The van der Waals surface area contributed by atoms with E-state index in [4.69, 9.17) is 4.74 Å². The Balaban J connectivity index is 1.56. The van der Waals surface area contributed by atoms with E-state index in [0.29, 0.717) is 18.1 Å². The molecule has 2 fully saturated rings. The molecule has 0 N–H and O–H groups in total. The molecule has 0 aliphatic carbocycles. The van der Waals surface area contributed by atoms with Crippen LogP contribution in [0.3, 0.4) is 0 Å². The number of benzene rings is 1. The Morgan fingerprint density at radius 3 is 2.46 bits per heavy atom. The third kappa shape index (κ3) is 5.27. The van der Waals surface area contributed by atoms with E-state index in [9.17, 15) is 9.59 Å². The molecule has 1 atom stereocenters. The van der Waals surface area contributed by atoms with Crippen LogP contribution in [0.25, 0.3) is 0 Å². The summed E-state index contributed by atoms with van der Waals surface area (Å²) in [6.45, 7) is 9.79. The Hall–Kier alpha value is -2.04. The number of ether oxygens (including phenoxy) is 1. The van der Waals surface area contributed by atoms with Gasteiger partial charge in [-0.3, -0.25) is 9.59 Å². The molecule has 154 valence electrons. The molecule has 0 bridgehead atoms. The number of carbonyl (C=O) groups excluding carboxylic acids is 2. The van der Waals surface area contributed by atoms with Gasteiger partial charge in [0.25, 0.3) is 5.91 Å². The summed E-state index contributed by atoms with van der Waals surface area (Å²) in [4.78, 5) is 29.2. The fourth-order valence-electron chi connectivity index (χ4n) is 4.07. The van der Waals surface area contributed by atoms with Crippen molar-refractivity contribution in [3.63, 3.8) is 0 Å². The van der Waals surface area contributed by atoms with E-state index in [1.54, 1.807) is 0 Å². The zero-order valence-corrected chi connectivity index (χ0v) is 17.6. The molecule has 1 aromatic rings. The fraction of sp³-hybridized carbons (Fsp3) is 0.652. The van der Waals surface area contributed by atoms with Gasteiger partial charge < -0.3 is 14.5 Å². The molecule has 28 heavy (non-hydrogen) atoms. The maximum Gasteiger partial charge on any atom is 0.253 e. The molecule has 2 saturated heterocycles. The highest BCUT2D eigenvalue weighted by atomic mass is 16.5. The lowest BCUT2D eigenvalue weighted by Crippen LogP contribution is -2.46. The lowest BCUT2D eigenvalue weighted by Gasteiger charge is -2.36. The minimum absolute atomic E-state index is 0.102. The minimum Gasteiger partial charge on any atom is -0.493 e. The van der Waals surface area contributed by atoms with Gasteiger partial charge >= 0.3 is 0 Å². The SMILES string of the molecule is CC(C)(C)C(=O)N1CCC[C@H](COc2cccc(C(=O)N3CCCCC3)c2)C1. The summed E-state index contributed by atoms with van der Waals surface area (Å²) in [7, 11) is 0. The Labute approximate surface area is 169 Å². The number of rotatable bonds is 4. The molecule has 1 aromatic carbocycles. The van der Waals surface area contributed by atoms with Crippen LogP contribution in [0, 0.1) is 11.3 Å². The molecule has 0 radical (unpaired) electrons. The Morgan fingerprint density at radius 1 is 1.04 bits per heavy atom. The average molecular weight is 387 g/mol. The second-order valence-corrected chi connectivity index (χ2v) is 9.20. The van der Waals surface area contributed by atoms with Crippen molar-refractivity contribution in [2.75, 3.05) is 32.8 Å². The molecule has 0 spiro atoms. The summed E-state index contributed by atoms with van der Waals surface area (Å²) in [6, 6.07) is 7.53. The minimum atomic E-state index is -0.341. The van der Waals surface area contributed by atoms with Gasteiger partial charge in [0.05, 0.1) is 6.61 Å². The van der Waals surface area contributed by atoms with Crippen molar-refractivity contribution in [2.24, 2.45) is 11.3 Å². The van der Waals surface area contributed by atoms with Crippen molar-refractivity contribution in [1.82, 2.24) is 9.80 Å². The van der Waals surface area contributed by atoms with Crippen LogP contribution >= 0.6 is 0 Å². The molecule has 5 heteroatoms. The average Bonchev–Trinajstić information content (AvgIpc) is 2.71. The van der Waals surface area contributed by atoms with Gasteiger partial charge in [-0.15, -0.1) is 0 Å². The quantitative estimate of drug-likeness (QED) is 0.787. The molecule has 0 saturated carbocycles. The van der Waals surface area contributed by atoms with E-state index in [0.717, 1.165) is 57.6 Å². The van der Waals surface area contributed by atoms with Crippen molar-refractivity contribution < 1.29 is 14.3 Å². The van der Waals surface area contributed by atoms with Gasteiger partial charge in [-0.1, -0.05) is 26.8 Å². The summed E-state index contributed by atoms with van der Waals surface area (Å²) in [5, 5.41) is 0. The molecule has 2 amide bonds. The van der Waals surface area contributed by atoms with E-state index in [1.807, 2.05) is 54.8 Å². The highest BCUT2D eigenvalue weighted by Gasteiger charge is 2.31. The number of hydrogen-bond acceptors (Lipinski definition) is 3. The van der Waals surface area contributed by atoms with Crippen molar-refractivity contribution in [2.45, 2.75) is 52.9 Å². The summed E-state index contributed by atoms with van der Waals surface area (Å²) in [6.07, 6.45) is 5.48. The third-order valence-corrected chi connectivity index (χ3v) is 5.66. The first kappa shape index (κ1) is 20.7. The van der Waals surface area contributed by atoms with E-state index < -0.39 is 0 Å². The smallest absolute Gasteiger partial charge is 0.253 e. The number of amides is 2. The van der Waals surface area contributed by atoms with Crippen molar-refractivity contribution in [1.29, 1.82) is 0 Å². The van der Waals surface area contributed by atoms with Crippen molar-refractivity contribution in [3.8, 4) is 5.75 Å². The van der Waals surface area contributed by atoms with Gasteiger partial charge in [0, 0.05) is 43.1 Å². The third-order valence-electron chi connectivity index (χ3n) is 5.66. The van der Waals surface area contributed by atoms with Gasteiger partial charge in [-0.2, -0.15) is 0 Å². The van der Waals surface area contributed by atoms with Crippen LogP contribution in [-0.2, 0) is 4.79 Å². The van der Waals surface area contributed by atoms with Crippen LogP contribution in [0.15, 0.2) is 24.3 Å². The summed E-state index contributed by atoms with van der Waals surface area (Å²) in [5.74, 6) is 1.39. The maximum atomic E-state index is 12.7. The van der Waals surface area contributed by atoms with Gasteiger partial charge in [-0.25, -0.2) is 0 Å². The highest BCUT2D eigenvalue weighted by Crippen LogP contribution is 2.25. The Morgan fingerprint density at radius 2 is 1.75 bits per heavy atom. The van der Waals surface area contributed by atoms with E-state index in [1.165, 1.54) is 6.42 Å². The van der Waals surface area contributed by atoms with Crippen molar-refractivity contribution in [3.05, 3.63) is 29.8 Å². The van der Waals surface area contributed by atoms with Gasteiger partial charge in [0.2, 0.25) is 5.91 Å². The zero-order chi connectivity index (χ0) is 20.1. The zero-order valence-electron chi connectivity index (χ0n) is 17.6. The van der Waals surface area contributed by atoms with Crippen LogP contribution in [-0.4, -0.2) is 54.4 Å².